The summed E-state index contributed by atoms with van der Waals surface area (Å²) in [5, 5.41) is 4.63. The molecule has 2 aromatic heterocycles. The molecule has 0 aliphatic heterocycles. The highest BCUT2D eigenvalue weighted by Crippen LogP contribution is 2.26. The molecule has 3 rings (SSSR count). The molecule has 2 N–H and O–H groups in total. The summed E-state index contributed by atoms with van der Waals surface area (Å²) < 4.78 is 26.3. The molecule has 140 valence electrons. The van der Waals surface area contributed by atoms with E-state index in [-0.39, 0.29) is 24.3 Å². The minimum atomic E-state index is -0.960. The maximum atomic E-state index is 13.3. The van der Waals surface area contributed by atoms with E-state index in [0.29, 0.717) is 33.5 Å². The van der Waals surface area contributed by atoms with E-state index in [2.05, 4.69) is 20.3 Å². The summed E-state index contributed by atoms with van der Waals surface area (Å²) in [6.07, 6.45) is 0.344. The first kappa shape index (κ1) is 18.8. The number of hydrogen-bond donors (Lipinski definition) is 2. The van der Waals surface area contributed by atoms with Gasteiger partial charge in [0.1, 0.15) is 5.82 Å². The summed E-state index contributed by atoms with van der Waals surface area (Å²) in [6, 6.07) is 3.49. The van der Waals surface area contributed by atoms with E-state index in [4.69, 9.17) is 0 Å². The van der Waals surface area contributed by atoms with Crippen LogP contribution in [0.1, 0.15) is 23.5 Å². The number of nitrogens with zero attached hydrogens (tertiary/aromatic N) is 2. The number of aromatic nitrogens is 3. The number of hydrogen-bond acceptors (Lipinski definition) is 5. The van der Waals surface area contributed by atoms with Crippen LogP contribution in [0.4, 0.5) is 13.9 Å². The fraction of sp³-hybridized carbons (Fsp3) is 0.222. The average Bonchev–Trinajstić information content (AvgIpc) is 3.04. The lowest BCUT2D eigenvalue weighted by molar-refractivity contribution is -0.116. The van der Waals surface area contributed by atoms with Crippen molar-refractivity contribution in [3.05, 3.63) is 62.6 Å². The molecule has 0 atom stereocenters. The number of amides is 1. The van der Waals surface area contributed by atoms with Crippen molar-refractivity contribution in [1.29, 1.82) is 0 Å². The molecule has 0 saturated heterocycles. The van der Waals surface area contributed by atoms with Gasteiger partial charge in [-0.05, 0) is 38.5 Å². The van der Waals surface area contributed by atoms with Crippen LogP contribution in [0, 0.1) is 25.5 Å². The van der Waals surface area contributed by atoms with Gasteiger partial charge in [0.2, 0.25) is 5.91 Å². The SMILES string of the molecule is Cc1nc(C)c(CCC(=O)Nc2nc(-c3ccc(F)c(F)c3)cs2)c(=O)[nH]1. The highest BCUT2D eigenvalue weighted by Gasteiger charge is 2.12. The van der Waals surface area contributed by atoms with Crippen molar-refractivity contribution in [3.63, 3.8) is 0 Å². The Morgan fingerprint density at radius 1 is 1.22 bits per heavy atom. The van der Waals surface area contributed by atoms with Gasteiger partial charge in [0, 0.05) is 28.6 Å². The Labute approximate surface area is 157 Å². The molecule has 1 amide bonds. The standard InChI is InChI=1S/C18H16F2N4O2S/c1-9-12(17(26)22-10(2)21-9)4-6-16(25)24-18-23-15(8-27-18)11-3-5-13(19)14(20)7-11/h3,5,7-8H,4,6H2,1-2H3,(H,21,22,26)(H,23,24,25). The quantitative estimate of drug-likeness (QED) is 0.699. The molecule has 3 aromatic rings. The molecule has 6 nitrogen and oxygen atoms in total. The molecule has 0 saturated carbocycles. The van der Waals surface area contributed by atoms with E-state index in [1.165, 1.54) is 17.4 Å². The molecule has 0 unspecified atom stereocenters. The first-order chi connectivity index (χ1) is 12.8. The molecule has 0 radical (unpaired) electrons. The number of H-pyrrole nitrogens is 1. The Kier molecular flexibility index (Phi) is 5.41. The largest absolute Gasteiger partial charge is 0.311 e. The van der Waals surface area contributed by atoms with E-state index in [0.717, 1.165) is 12.1 Å². The van der Waals surface area contributed by atoms with Gasteiger partial charge < -0.3 is 10.3 Å². The first-order valence-corrected chi connectivity index (χ1v) is 8.98. The molecule has 9 heteroatoms. The number of aryl methyl sites for hydroxylation is 2. The zero-order valence-electron chi connectivity index (χ0n) is 14.6. The molecule has 27 heavy (non-hydrogen) atoms. The van der Waals surface area contributed by atoms with E-state index in [9.17, 15) is 18.4 Å². The fourth-order valence-electron chi connectivity index (χ4n) is 2.58. The number of nitrogens with one attached hydrogen (secondary N) is 2. The molecule has 1 aromatic carbocycles. The number of carbonyl (C=O) groups excluding carboxylic acids is 1. The molecular weight excluding hydrogens is 374 g/mol. The predicted molar refractivity (Wildman–Crippen MR) is 98.7 cm³/mol. The molecule has 0 bridgehead atoms. The van der Waals surface area contributed by atoms with Crippen LogP contribution < -0.4 is 10.9 Å². The van der Waals surface area contributed by atoms with Crippen LogP contribution in [0.5, 0.6) is 0 Å². The van der Waals surface area contributed by atoms with Gasteiger partial charge in [0.15, 0.2) is 16.8 Å². The summed E-state index contributed by atoms with van der Waals surface area (Å²) >= 11 is 1.17. The fourth-order valence-corrected chi connectivity index (χ4v) is 3.32. The summed E-state index contributed by atoms with van der Waals surface area (Å²) in [4.78, 5) is 35.1. The maximum absolute atomic E-state index is 13.3. The highest BCUT2D eigenvalue weighted by atomic mass is 32.1. The molecule has 0 aliphatic rings. The number of carbonyl (C=O) groups is 1. The van der Waals surface area contributed by atoms with Crippen LogP contribution in [0.2, 0.25) is 0 Å². The van der Waals surface area contributed by atoms with Gasteiger partial charge in [0.05, 0.1) is 5.69 Å². The lowest BCUT2D eigenvalue weighted by Crippen LogP contribution is -2.20. The Morgan fingerprint density at radius 3 is 2.70 bits per heavy atom. The predicted octanol–water partition coefficient (Wildman–Crippen LogP) is 3.36. The maximum Gasteiger partial charge on any atom is 0.254 e. The van der Waals surface area contributed by atoms with Crippen LogP contribution in [0.3, 0.4) is 0 Å². The lowest BCUT2D eigenvalue weighted by atomic mass is 10.1. The third-order valence-corrected chi connectivity index (χ3v) is 4.67. The van der Waals surface area contributed by atoms with E-state index in [1.807, 2.05) is 0 Å². The number of aromatic amines is 1. The number of anilines is 1. The van der Waals surface area contributed by atoms with Crippen molar-refractivity contribution in [1.82, 2.24) is 15.0 Å². The Bertz CT molecular complexity index is 1060. The van der Waals surface area contributed by atoms with Crippen LogP contribution in [0.15, 0.2) is 28.4 Å². The number of thiazole rings is 1. The highest BCUT2D eigenvalue weighted by molar-refractivity contribution is 7.14. The zero-order chi connectivity index (χ0) is 19.6. The first-order valence-electron chi connectivity index (χ1n) is 8.10. The van der Waals surface area contributed by atoms with Crippen molar-refractivity contribution < 1.29 is 13.6 Å². The topological polar surface area (TPSA) is 87.7 Å². The molecule has 0 spiro atoms. The summed E-state index contributed by atoms with van der Waals surface area (Å²) in [6.45, 7) is 3.42. The second-order valence-corrected chi connectivity index (χ2v) is 6.79. The lowest BCUT2D eigenvalue weighted by Gasteiger charge is -2.05. The number of halogens is 2. The second kappa shape index (κ2) is 7.75. The molecular formula is C18H16F2N4O2S. The van der Waals surface area contributed by atoms with Crippen molar-refractivity contribution >= 4 is 22.4 Å². The van der Waals surface area contributed by atoms with Crippen molar-refractivity contribution in [2.45, 2.75) is 26.7 Å². The summed E-state index contributed by atoms with van der Waals surface area (Å²) in [5.41, 5.74) is 1.67. The van der Waals surface area contributed by atoms with Crippen LogP contribution in [-0.2, 0) is 11.2 Å². The Morgan fingerprint density at radius 2 is 2.00 bits per heavy atom. The van der Waals surface area contributed by atoms with Gasteiger partial charge in [-0.25, -0.2) is 18.7 Å². The minimum absolute atomic E-state index is 0.0920. The second-order valence-electron chi connectivity index (χ2n) is 5.93. The average molecular weight is 390 g/mol. The van der Waals surface area contributed by atoms with E-state index < -0.39 is 11.6 Å². The van der Waals surface area contributed by atoms with Crippen molar-refractivity contribution in [2.75, 3.05) is 5.32 Å². The van der Waals surface area contributed by atoms with Crippen LogP contribution >= 0.6 is 11.3 Å². The van der Waals surface area contributed by atoms with E-state index >= 15 is 0 Å². The molecule has 0 aliphatic carbocycles. The smallest absolute Gasteiger partial charge is 0.254 e. The van der Waals surface area contributed by atoms with Gasteiger partial charge in [0.25, 0.3) is 5.56 Å². The Hall–Kier alpha value is -2.94. The number of rotatable bonds is 5. The Balaban J connectivity index is 1.64. The van der Waals surface area contributed by atoms with Crippen molar-refractivity contribution in [3.8, 4) is 11.3 Å². The molecule has 0 fully saturated rings. The van der Waals surface area contributed by atoms with Crippen LogP contribution in [-0.4, -0.2) is 20.9 Å². The van der Waals surface area contributed by atoms with Crippen LogP contribution in [0.25, 0.3) is 11.3 Å². The summed E-state index contributed by atoms with van der Waals surface area (Å²) in [5.74, 6) is -1.67. The third-order valence-electron chi connectivity index (χ3n) is 3.91. The van der Waals surface area contributed by atoms with Gasteiger partial charge in [-0.2, -0.15) is 0 Å². The third kappa shape index (κ3) is 4.43. The normalized spacial score (nSPS) is 10.8. The van der Waals surface area contributed by atoms with Gasteiger partial charge in [-0.15, -0.1) is 11.3 Å². The monoisotopic (exact) mass is 390 g/mol. The number of benzene rings is 1. The van der Waals surface area contributed by atoms with Gasteiger partial charge in [-0.1, -0.05) is 0 Å². The zero-order valence-corrected chi connectivity index (χ0v) is 15.4. The van der Waals surface area contributed by atoms with E-state index in [1.54, 1.807) is 19.2 Å². The van der Waals surface area contributed by atoms with Gasteiger partial charge >= 0.3 is 0 Å². The van der Waals surface area contributed by atoms with Gasteiger partial charge in [-0.3, -0.25) is 9.59 Å². The van der Waals surface area contributed by atoms with Crippen molar-refractivity contribution in [2.24, 2.45) is 0 Å². The minimum Gasteiger partial charge on any atom is -0.311 e. The molecule has 2 heterocycles. The summed E-state index contributed by atoms with van der Waals surface area (Å²) in [7, 11) is 0.